The minimum absolute atomic E-state index is 0.374. The standard InChI is InChI=1S/C18H23N3O4/c1-5-15(25-14-9-7-6-8-10-14)18(23)24-11-16(22)19-17-12(2)20-21(4)13(17)3/h6-10,15H,5,11H2,1-4H3,(H,19,22)/t15-/m0/s1. The van der Waals surface area contributed by atoms with Gasteiger partial charge in [0.1, 0.15) is 5.75 Å². The number of nitrogens with one attached hydrogen (secondary N) is 1. The zero-order valence-corrected chi connectivity index (χ0v) is 14.9. The number of carbonyl (C=O) groups excluding carboxylic acids is 2. The highest BCUT2D eigenvalue weighted by molar-refractivity contribution is 5.94. The van der Waals surface area contributed by atoms with Crippen molar-refractivity contribution < 1.29 is 19.1 Å². The summed E-state index contributed by atoms with van der Waals surface area (Å²) in [6, 6.07) is 9.02. The molecule has 1 atom stereocenters. The molecule has 0 bridgehead atoms. The van der Waals surface area contributed by atoms with Crippen molar-refractivity contribution in [1.82, 2.24) is 9.78 Å². The number of hydrogen-bond acceptors (Lipinski definition) is 5. The third-order valence-corrected chi connectivity index (χ3v) is 3.77. The molecule has 2 rings (SSSR count). The Labute approximate surface area is 146 Å². The maximum Gasteiger partial charge on any atom is 0.347 e. The Morgan fingerprint density at radius 2 is 1.92 bits per heavy atom. The van der Waals surface area contributed by atoms with E-state index in [0.29, 0.717) is 23.6 Å². The van der Waals surface area contributed by atoms with E-state index >= 15 is 0 Å². The van der Waals surface area contributed by atoms with Gasteiger partial charge in [-0.3, -0.25) is 9.48 Å². The van der Waals surface area contributed by atoms with Gasteiger partial charge in [-0.25, -0.2) is 4.79 Å². The number of amides is 1. The second-order valence-corrected chi connectivity index (χ2v) is 5.65. The Morgan fingerprint density at radius 3 is 2.48 bits per heavy atom. The maximum atomic E-state index is 12.1. The van der Waals surface area contributed by atoms with Crippen molar-refractivity contribution in [3.63, 3.8) is 0 Å². The first-order valence-electron chi connectivity index (χ1n) is 8.10. The second kappa shape index (κ2) is 8.32. The zero-order valence-electron chi connectivity index (χ0n) is 14.9. The molecule has 1 N–H and O–H groups in total. The first kappa shape index (κ1) is 18.5. The zero-order chi connectivity index (χ0) is 18.4. The van der Waals surface area contributed by atoms with Crippen LogP contribution in [0.4, 0.5) is 5.69 Å². The van der Waals surface area contributed by atoms with E-state index in [1.165, 1.54) is 0 Å². The molecule has 0 fully saturated rings. The molecule has 0 aliphatic carbocycles. The van der Waals surface area contributed by atoms with E-state index in [2.05, 4.69) is 10.4 Å². The number of rotatable bonds is 7. The molecule has 0 saturated carbocycles. The van der Waals surface area contributed by atoms with Crippen LogP contribution < -0.4 is 10.1 Å². The Kier molecular flexibility index (Phi) is 6.16. The smallest absolute Gasteiger partial charge is 0.347 e. The van der Waals surface area contributed by atoms with Gasteiger partial charge in [-0.1, -0.05) is 25.1 Å². The van der Waals surface area contributed by atoms with Crippen molar-refractivity contribution in [2.45, 2.75) is 33.3 Å². The molecule has 1 aromatic carbocycles. The van der Waals surface area contributed by atoms with Crippen LogP contribution in [0, 0.1) is 13.8 Å². The molecule has 0 saturated heterocycles. The predicted octanol–water partition coefficient (Wildman–Crippen LogP) is 2.38. The van der Waals surface area contributed by atoms with Crippen molar-refractivity contribution in [2.75, 3.05) is 11.9 Å². The molecule has 2 aromatic rings. The summed E-state index contributed by atoms with van der Waals surface area (Å²) in [7, 11) is 1.80. The van der Waals surface area contributed by atoms with Crippen LogP contribution in [-0.4, -0.2) is 34.4 Å². The van der Waals surface area contributed by atoms with Crippen molar-refractivity contribution in [3.8, 4) is 5.75 Å². The summed E-state index contributed by atoms with van der Waals surface area (Å²) < 4.78 is 12.4. The van der Waals surface area contributed by atoms with E-state index in [-0.39, 0.29) is 6.61 Å². The van der Waals surface area contributed by atoms with E-state index < -0.39 is 18.0 Å². The topological polar surface area (TPSA) is 82.4 Å². The summed E-state index contributed by atoms with van der Waals surface area (Å²) in [6.07, 6.45) is -0.312. The van der Waals surface area contributed by atoms with Gasteiger partial charge in [0.05, 0.1) is 17.1 Å². The van der Waals surface area contributed by atoms with Crippen LogP contribution in [0.1, 0.15) is 24.7 Å². The Hall–Kier alpha value is -2.83. The van der Waals surface area contributed by atoms with Crippen LogP contribution in [0.3, 0.4) is 0 Å². The number of nitrogens with zero attached hydrogens (tertiary/aromatic N) is 2. The van der Waals surface area contributed by atoms with Gasteiger partial charge in [0.25, 0.3) is 5.91 Å². The molecule has 0 radical (unpaired) electrons. The highest BCUT2D eigenvalue weighted by Crippen LogP contribution is 2.18. The van der Waals surface area contributed by atoms with E-state index in [9.17, 15) is 9.59 Å². The molecule has 0 unspecified atom stereocenters. The van der Waals surface area contributed by atoms with Gasteiger partial charge < -0.3 is 14.8 Å². The molecule has 7 nitrogen and oxygen atoms in total. The molecule has 25 heavy (non-hydrogen) atoms. The fraction of sp³-hybridized carbons (Fsp3) is 0.389. The maximum absolute atomic E-state index is 12.1. The van der Waals surface area contributed by atoms with Gasteiger partial charge >= 0.3 is 5.97 Å². The van der Waals surface area contributed by atoms with E-state index in [0.717, 1.165) is 5.69 Å². The lowest BCUT2D eigenvalue weighted by atomic mass is 10.2. The van der Waals surface area contributed by atoms with Crippen LogP contribution in [0.2, 0.25) is 0 Å². The summed E-state index contributed by atoms with van der Waals surface area (Å²) >= 11 is 0. The van der Waals surface area contributed by atoms with Gasteiger partial charge in [-0.05, 0) is 32.4 Å². The first-order chi connectivity index (χ1) is 11.9. The van der Waals surface area contributed by atoms with E-state index in [1.807, 2.05) is 32.0 Å². The number of benzene rings is 1. The Morgan fingerprint density at radius 1 is 1.24 bits per heavy atom. The van der Waals surface area contributed by atoms with E-state index in [4.69, 9.17) is 9.47 Å². The number of ether oxygens (including phenoxy) is 2. The van der Waals surface area contributed by atoms with Crippen molar-refractivity contribution >= 4 is 17.6 Å². The van der Waals surface area contributed by atoms with Gasteiger partial charge in [-0.2, -0.15) is 5.10 Å². The van der Waals surface area contributed by atoms with Gasteiger partial charge in [-0.15, -0.1) is 0 Å². The summed E-state index contributed by atoms with van der Waals surface area (Å²) in [5.74, 6) is -0.402. The summed E-state index contributed by atoms with van der Waals surface area (Å²) in [4.78, 5) is 24.2. The number of aryl methyl sites for hydroxylation is 2. The minimum atomic E-state index is -0.753. The molecule has 1 amide bonds. The van der Waals surface area contributed by atoms with Crippen molar-refractivity contribution in [1.29, 1.82) is 0 Å². The summed E-state index contributed by atoms with van der Waals surface area (Å²) in [5, 5.41) is 6.94. The van der Waals surface area contributed by atoms with Crippen LogP contribution >= 0.6 is 0 Å². The van der Waals surface area contributed by atoms with Crippen LogP contribution in [0.25, 0.3) is 0 Å². The largest absolute Gasteiger partial charge is 0.479 e. The van der Waals surface area contributed by atoms with Gasteiger partial charge in [0.15, 0.2) is 12.7 Å². The predicted molar refractivity (Wildman–Crippen MR) is 93.4 cm³/mol. The Balaban J connectivity index is 1.88. The summed E-state index contributed by atoms with van der Waals surface area (Å²) in [5.41, 5.74) is 2.17. The monoisotopic (exact) mass is 345 g/mol. The van der Waals surface area contributed by atoms with Gasteiger partial charge in [0, 0.05) is 7.05 Å². The minimum Gasteiger partial charge on any atom is -0.479 e. The lowest BCUT2D eigenvalue weighted by Gasteiger charge is -2.16. The second-order valence-electron chi connectivity index (χ2n) is 5.65. The average Bonchev–Trinajstić information content (AvgIpc) is 2.84. The fourth-order valence-corrected chi connectivity index (χ4v) is 2.32. The number of carbonyl (C=O) groups is 2. The number of aromatic nitrogens is 2. The lowest BCUT2D eigenvalue weighted by Crippen LogP contribution is -2.31. The molecule has 0 aliphatic rings. The first-order valence-corrected chi connectivity index (χ1v) is 8.10. The Bertz CT molecular complexity index is 740. The van der Waals surface area contributed by atoms with Gasteiger partial charge in [0.2, 0.25) is 0 Å². The molecule has 0 spiro atoms. The lowest BCUT2D eigenvalue weighted by molar-refractivity contribution is -0.154. The van der Waals surface area contributed by atoms with E-state index in [1.54, 1.807) is 30.8 Å². The normalized spacial score (nSPS) is 11.7. The number of esters is 1. The highest BCUT2D eigenvalue weighted by atomic mass is 16.6. The average molecular weight is 345 g/mol. The molecule has 1 aromatic heterocycles. The fourth-order valence-electron chi connectivity index (χ4n) is 2.32. The van der Waals surface area contributed by atoms with Crippen molar-refractivity contribution in [2.24, 2.45) is 7.05 Å². The SMILES string of the molecule is CC[C@H](Oc1ccccc1)C(=O)OCC(=O)Nc1c(C)nn(C)c1C. The third kappa shape index (κ3) is 4.82. The van der Waals surface area contributed by atoms with Crippen LogP contribution in [-0.2, 0) is 21.4 Å². The number of anilines is 1. The molecule has 7 heteroatoms. The summed E-state index contributed by atoms with van der Waals surface area (Å²) in [6.45, 7) is 5.09. The number of para-hydroxylation sites is 1. The third-order valence-electron chi connectivity index (χ3n) is 3.77. The highest BCUT2D eigenvalue weighted by Gasteiger charge is 2.21. The van der Waals surface area contributed by atoms with Crippen molar-refractivity contribution in [3.05, 3.63) is 41.7 Å². The molecule has 0 aliphatic heterocycles. The molecule has 1 heterocycles. The van der Waals surface area contributed by atoms with Crippen LogP contribution in [0.5, 0.6) is 5.75 Å². The number of hydrogen-bond donors (Lipinski definition) is 1. The molecule has 134 valence electrons. The molecular weight excluding hydrogens is 322 g/mol. The quantitative estimate of drug-likeness (QED) is 0.779. The van der Waals surface area contributed by atoms with Crippen LogP contribution in [0.15, 0.2) is 30.3 Å². The molecular formula is C18H23N3O4.